The van der Waals surface area contributed by atoms with Crippen LogP contribution in [0.5, 0.6) is 0 Å². The highest BCUT2D eigenvalue weighted by Gasteiger charge is 2.15. The lowest BCUT2D eigenvalue weighted by molar-refractivity contribution is 0.190. The molecular formula is C17H16N4O3. The van der Waals surface area contributed by atoms with Crippen molar-refractivity contribution in [2.75, 3.05) is 13.7 Å². The van der Waals surface area contributed by atoms with Crippen molar-refractivity contribution in [1.82, 2.24) is 14.0 Å². The lowest BCUT2D eigenvalue weighted by atomic mass is 10.2. The molecule has 3 aromatic rings. The minimum Gasteiger partial charge on any atom is -0.385 e. The van der Waals surface area contributed by atoms with Crippen molar-refractivity contribution in [3.8, 4) is 6.07 Å². The van der Waals surface area contributed by atoms with Crippen LogP contribution in [0.3, 0.4) is 0 Å². The Balaban J connectivity index is 2.43. The van der Waals surface area contributed by atoms with Gasteiger partial charge >= 0.3 is 0 Å². The van der Waals surface area contributed by atoms with E-state index in [1.54, 1.807) is 19.4 Å². The summed E-state index contributed by atoms with van der Waals surface area (Å²) in [5, 5.41) is 9.46. The van der Waals surface area contributed by atoms with Gasteiger partial charge in [-0.3, -0.25) is 18.6 Å². The predicted molar refractivity (Wildman–Crippen MR) is 89.2 cm³/mol. The SMILES string of the molecule is COCCCn1c(=O)c(C#N)cc2c(=O)n3cccc(C)c3nc21. The number of rotatable bonds is 4. The highest BCUT2D eigenvalue weighted by atomic mass is 16.5. The fraction of sp³-hybridized carbons (Fsp3) is 0.294. The van der Waals surface area contributed by atoms with Crippen LogP contribution in [0.1, 0.15) is 17.5 Å². The van der Waals surface area contributed by atoms with Crippen LogP contribution in [0.25, 0.3) is 16.7 Å². The molecule has 0 aromatic carbocycles. The Bertz CT molecular complexity index is 1090. The van der Waals surface area contributed by atoms with Crippen LogP contribution in [-0.4, -0.2) is 27.7 Å². The average Bonchev–Trinajstić information content (AvgIpc) is 2.58. The van der Waals surface area contributed by atoms with Gasteiger partial charge in [0.25, 0.3) is 11.1 Å². The first kappa shape index (κ1) is 15.9. The van der Waals surface area contributed by atoms with Gasteiger partial charge in [0, 0.05) is 26.5 Å². The van der Waals surface area contributed by atoms with Crippen LogP contribution in [-0.2, 0) is 11.3 Å². The predicted octanol–water partition coefficient (Wildman–Crippen LogP) is 1.23. The number of nitriles is 1. The highest BCUT2D eigenvalue weighted by Crippen LogP contribution is 2.12. The van der Waals surface area contributed by atoms with E-state index >= 15 is 0 Å². The number of nitrogens with zero attached hydrogens (tertiary/aromatic N) is 4. The zero-order valence-electron chi connectivity index (χ0n) is 13.4. The van der Waals surface area contributed by atoms with Crippen molar-refractivity contribution in [3.05, 3.63) is 56.2 Å². The molecule has 0 amide bonds. The normalized spacial score (nSPS) is 11.0. The van der Waals surface area contributed by atoms with E-state index in [-0.39, 0.29) is 16.5 Å². The van der Waals surface area contributed by atoms with Crippen molar-refractivity contribution in [1.29, 1.82) is 5.26 Å². The summed E-state index contributed by atoms with van der Waals surface area (Å²) in [5.41, 5.74) is 0.832. The number of aromatic nitrogens is 3. The van der Waals surface area contributed by atoms with E-state index in [1.807, 2.05) is 19.1 Å². The van der Waals surface area contributed by atoms with Gasteiger partial charge in [-0.2, -0.15) is 5.26 Å². The zero-order chi connectivity index (χ0) is 17.3. The van der Waals surface area contributed by atoms with Crippen molar-refractivity contribution in [2.24, 2.45) is 0 Å². The smallest absolute Gasteiger partial charge is 0.270 e. The number of aryl methyl sites for hydroxylation is 2. The van der Waals surface area contributed by atoms with Crippen molar-refractivity contribution in [3.63, 3.8) is 0 Å². The molecule has 0 aliphatic carbocycles. The van der Waals surface area contributed by atoms with Gasteiger partial charge in [0.2, 0.25) is 0 Å². The van der Waals surface area contributed by atoms with Gasteiger partial charge < -0.3 is 4.74 Å². The molecule has 0 saturated heterocycles. The largest absolute Gasteiger partial charge is 0.385 e. The maximum absolute atomic E-state index is 12.8. The van der Waals surface area contributed by atoms with Crippen LogP contribution >= 0.6 is 0 Å². The summed E-state index contributed by atoms with van der Waals surface area (Å²) in [7, 11) is 1.58. The number of hydrogen-bond acceptors (Lipinski definition) is 5. The van der Waals surface area contributed by atoms with E-state index in [4.69, 9.17) is 4.74 Å². The first-order valence-corrected chi connectivity index (χ1v) is 7.53. The third kappa shape index (κ3) is 2.47. The minimum atomic E-state index is -0.439. The van der Waals surface area contributed by atoms with Crippen LogP contribution in [0.15, 0.2) is 34.0 Å². The molecule has 0 radical (unpaired) electrons. The molecule has 0 unspecified atom stereocenters. The molecule has 0 bridgehead atoms. The van der Waals surface area contributed by atoms with Crippen LogP contribution in [0.2, 0.25) is 0 Å². The maximum Gasteiger partial charge on any atom is 0.270 e. The number of fused-ring (bicyclic) bond motifs is 2. The molecule has 0 aliphatic rings. The van der Waals surface area contributed by atoms with E-state index in [9.17, 15) is 14.9 Å². The summed E-state index contributed by atoms with van der Waals surface area (Å²) < 4.78 is 7.84. The molecule has 0 N–H and O–H groups in total. The Morgan fingerprint density at radius 1 is 1.29 bits per heavy atom. The molecule has 7 nitrogen and oxygen atoms in total. The number of pyridine rings is 2. The molecule has 7 heteroatoms. The molecule has 0 fully saturated rings. The lowest BCUT2D eigenvalue weighted by Gasteiger charge is -2.12. The molecule has 0 saturated carbocycles. The van der Waals surface area contributed by atoms with Gasteiger partial charge in [-0.25, -0.2) is 4.98 Å². The Labute approximate surface area is 137 Å². The molecular weight excluding hydrogens is 308 g/mol. The van der Waals surface area contributed by atoms with E-state index in [2.05, 4.69) is 4.98 Å². The summed E-state index contributed by atoms with van der Waals surface area (Å²) in [5.74, 6) is 0. The molecule has 0 aliphatic heterocycles. The van der Waals surface area contributed by atoms with Gasteiger partial charge in [0.1, 0.15) is 17.3 Å². The van der Waals surface area contributed by atoms with Crippen molar-refractivity contribution < 1.29 is 4.74 Å². The average molecular weight is 324 g/mol. The summed E-state index contributed by atoms with van der Waals surface area (Å²) in [4.78, 5) is 29.8. The third-order valence-corrected chi connectivity index (χ3v) is 3.93. The van der Waals surface area contributed by atoms with Crippen LogP contribution in [0, 0.1) is 18.3 Å². The third-order valence-electron chi connectivity index (χ3n) is 3.93. The molecule has 24 heavy (non-hydrogen) atoms. The summed E-state index contributed by atoms with van der Waals surface area (Å²) in [6.07, 6.45) is 2.21. The number of hydrogen-bond donors (Lipinski definition) is 0. The topological polar surface area (TPSA) is 89.4 Å². The zero-order valence-corrected chi connectivity index (χ0v) is 13.4. The highest BCUT2D eigenvalue weighted by molar-refractivity contribution is 5.78. The monoisotopic (exact) mass is 324 g/mol. The van der Waals surface area contributed by atoms with E-state index in [0.717, 1.165) is 5.56 Å². The molecule has 122 valence electrons. The lowest BCUT2D eigenvalue weighted by Crippen LogP contribution is -2.28. The second-order valence-electron chi connectivity index (χ2n) is 5.51. The number of ether oxygens (including phenoxy) is 1. The molecule has 3 heterocycles. The first-order chi connectivity index (χ1) is 11.6. The Kier molecular flexibility index (Phi) is 4.15. The van der Waals surface area contributed by atoms with Crippen molar-refractivity contribution >= 4 is 16.7 Å². The first-order valence-electron chi connectivity index (χ1n) is 7.53. The van der Waals surface area contributed by atoms with Crippen LogP contribution < -0.4 is 11.1 Å². The fourth-order valence-electron chi connectivity index (χ4n) is 2.73. The Morgan fingerprint density at radius 3 is 2.79 bits per heavy atom. The molecule has 0 atom stereocenters. The van der Waals surface area contributed by atoms with Gasteiger partial charge in [-0.1, -0.05) is 6.07 Å². The van der Waals surface area contributed by atoms with E-state index in [1.165, 1.54) is 15.0 Å². The Morgan fingerprint density at radius 2 is 2.08 bits per heavy atom. The number of methoxy groups -OCH3 is 1. The van der Waals surface area contributed by atoms with E-state index < -0.39 is 5.56 Å². The standard InChI is InChI=1S/C17H16N4O3/c1-11-5-3-6-20-14(11)19-15-13(17(20)23)9-12(10-18)16(22)21(15)7-4-8-24-2/h3,5-6,9H,4,7-8H2,1-2H3. The molecule has 0 spiro atoms. The van der Waals surface area contributed by atoms with Crippen LogP contribution in [0.4, 0.5) is 0 Å². The summed E-state index contributed by atoms with van der Waals surface area (Å²) in [6.45, 7) is 2.65. The van der Waals surface area contributed by atoms with Gasteiger partial charge in [0.15, 0.2) is 5.65 Å². The quantitative estimate of drug-likeness (QED) is 0.532. The van der Waals surface area contributed by atoms with E-state index in [0.29, 0.717) is 30.9 Å². The molecule has 3 rings (SSSR count). The minimum absolute atomic E-state index is 0.0635. The second kappa shape index (κ2) is 6.26. The van der Waals surface area contributed by atoms with Gasteiger partial charge in [-0.15, -0.1) is 0 Å². The second-order valence-corrected chi connectivity index (χ2v) is 5.51. The van der Waals surface area contributed by atoms with Gasteiger partial charge in [0.05, 0.1) is 5.39 Å². The maximum atomic E-state index is 12.8. The van der Waals surface area contributed by atoms with Gasteiger partial charge in [-0.05, 0) is 31.0 Å². The Hall–Kier alpha value is -2.98. The summed E-state index contributed by atoms with van der Waals surface area (Å²) in [6, 6.07) is 6.81. The fourth-order valence-corrected chi connectivity index (χ4v) is 2.73. The van der Waals surface area contributed by atoms with Crippen molar-refractivity contribution in [2.45, 2.75) is 19.9 Å². The summed E-state index contributed by atoms with van der Waals surface area (Å²) >= 11 is 0. The molecule has 3 aromatic heterocycles.